The van der Waals surface area contributed by atoms with Gasteiger partial charge in [0.2, 0.25) is 5.82 Å². The monoisotopic (exact) mass is 278 g/mol. The quantitative estimate of drug-likeness (QED) is 0.722. The van der Waals surface area contributed by atoms with E-state index in [0.717, 1.165) is 10.8 Å². The predicted molar refractivity (Wildman–Crippen MR) is 70.5 cm³/mol. The molecule has 0 amide bonds. The van der Waals surface area contributed by atoms with Crippen LogP contribution in [0.4, 0.5) is 14.5 Å². The average molecular weight is 278 g/mol. The molecule has 96 valence electrons. The van der Waals surface area contributed by atoms with Crippen LogP contribution < -0.4 is 10.5 Å². The van der Waals surface area contributed by atoms with Crippen molar-refractivity contribution in [2.45, 2.75) is 0 Å². The van der Waals surface area contributed by atoms with Gasteiger partial charge < -0.3 is 10.5 Å². The molecule has 0 atom stereocenters. The Bertz CT molecular complexity index is 757. The molecule has 0 aliphatic heterocycles. The van der Waals surface area contributed by atoms with Crippen molar-refractivity contribution in [1.29, 1.82) is 0 Å². The van der Waals surface area contributed by atoms with Gasteiger partial charge in [-0.15, -0.1) is 11.3 Å². The van der Waals surface area contributed by atoms with Crippen molar-refractivity contribution in [2.75, 3.05) is 5.73 Å². The number of aromatic nitrogens is 1. The van der Waals surface area contributed by atoms with Crippen LogP contribution in [-0.2, 0) is 0 Å². The summed E-state index contributed by atoms with van der Waals surface area (Å²) in [5.74, 6) is -1.96. The van der Waals surface area contributed by atoms with Crippen molar-refractivity contribution in [1.82, 2.24) is 4.98 Å². The molecular formula is C13H8F2N2OS. The Morgan fingerprint density at radius 2 is 1.95 bits per heavy atom. The van der Waals surface area contributed by atoms with Crippen LogP contribution in [0, 0.1) is 11.6 Å². The molecule has 0 aliphatic carbocycles. The first-order valence-corrected chi connectivity index (χ1v) is 6.28. The number of thiazole rings is 1. The first-order valence-electron chi connectivity index (χ1n) is 5.40. The van der Waals surface area contributed by atoms with Crippen LogP contribution in [0.25, 0.3) is 10.2 Å². The molecule has 19 heavy (non-hydrogen) atoms. The van der Waals surface area contributed by atoms with Crippen LogP contribution in [0.3, 0.4) is 0 Å². The van der Waals surface area contributed by atoms with Gasteiger partial charge in [0, 0.05) is 0 Å². The number of benzene rings is 2. The number of nitrogens with zero attached hydrogens (tertiary/aromatic N) is 1. The maximum Gasteiger partial charge on any atom is 0.201 e. The number of nitrogens with two attached hydrogens (primary N) is 1. The molecule has 0 aliphatic rings. The molecule has 1 aromatic heterocycles. The summed E-state index contributed by atoms with van der Waals surface area (Å²) in [5, 5.41) is 0. The van der Waals surface area contributed by atoms with Crippen molar-refractivity contribution in [3.05, 3.63) is 47.5 Å². The zero-order valence-corrected chi connectivity index (χ0v) is 10.4. The molecule has 3 aromatic rings. The topological polar surface area (TPSA) is 48.1 Å². The Labute approximate surface area is 111 Å². The van der Waals surface area contributed by atoms with Gasteiger partial charge in [0.15, 0.2) is 17.3 Å². The third-order valence-corrected chi connectivity index (χ3v) is 3.43. The fourth-order valence-corrected chi connectivity index (χ4v) is 2.40. The molecule has 2 N–H and O–H groups in total. The minimum Gasteiger partial charge on any atom is -0.452 e. The summed E-state index contributed by atoms with van der Waals surface area (Å²) in [6.45, 7) is 0. The fourth-order valence-electron chi connectivity index (χ4n) is 1.70. The largest absolute Gasteiger partial charge is 0.452 e. The molecule has 1 heterocycles. The lowest BCUT2D eigenvalue weighted by Gasteiger charge is -2.09. The Morgan fingerprint density at radius 1 is 1.11 bits per heavy atom. The number of nitrogen functional groups attached to an aromatic ring is 1. The van der Waals surface area contributed by atoms with E-state index in [1.807, 2.05) is 0 Å². The Morgan fingerprint density at radius 3 is 2.79 bits per heavy atom. The number of hydrogen-bond acceptors (Lipinski definition) is 4. The van der Waals surface area contributed by atoms with Crippen molar-refractivity contribution in [3.8, 4) is 11.5 Å². The van der Waals surface area contributed by atoms with Crippen molar-refractivity contribution in [3.63, 3.8) is 0 Å². The maximum atomic E-state index is 13.5. The molecule has 3 nitrogen and oxygen atoms in total. The molecule has 2 aromatic carbocycles. The normalized spacial score (nSPS) is 10.8. The lowest BCUT2D eigenvalue weighted by Crippen LogP contribution is -1.96. The van der Waals surface area contributed by atoms with Gasteiger partial charge in [-0.05, 0) is 24.3 Å². The molecule has 0 fully saturated rings. The van der Waals surface area contributed by atoms with Gasteiger partial charge in [0.1, 0.15) is 11.2 Å². The molecule has 3 rings (SSSR count). The zero-order valence-electron chi connectivity index (χ0n) is 9.56. The van der Waals surface area contributed by atoms with E-state index in [1.165, 1.54) is 23.5 Å². The summed E-state index contributed by atoms with van der Waals surface area (Å²) < 4.78 is 32.8. The van der Waals surface area contributed by atoms with Gasteiger partial charge in [-0.25, -0.2) is 9.37 Å². The van der Waals surface area contributed by atoms with Crippen LogP contribution in [0.2, 0.25) is 0 Å². The third kappa shape index (κ3) is 2.00. The summed E-state index contributed by atoms with van der Waals surface area (Å²) in [5.41, 5.74) is 8.47. The second-order valence-corrected chi connectivity index (χ2v) is 4.72. The second kappa shape index (κ2) is 4.47. The Kier molecular flexibility index (Phi) is 2.79. The highest BCUT2D eigenvalue weighted by molar-refractivity contribution is 7.16. The van der Waals surface area contributed by atoms with E-state index in [4.69, 9.17) is 10.5 Å². The van der Waals surface area contributed by atoms with E-state index in [-0.39, 0.29) is 11.5 Å². The van der Waals surface area contributed by atoms with Crippen molar-refractivity contribution < 1.29 is 13.5 Å². The van der Waals surface area contributed by atoms with Crippen LogP contribution in [0.15, 0.2) is 35.8 Å². The summed E-state index contributed by atoms with van der Waals surface area (Å²) in [6, 6.07) is 7.11. The van der Waals surface area contributed by atoms with Crippen LogP contribution >= 0.6 is 11.3 Å². The summed E-state index contributed by atoms with van der Waals surface area (Å²) >= 11 is 1.44. The molecule has 0 saturated carbocycles. The number of anilines is 1. The molecule has 0 bridgehead atoms. The standard InChI is InChI=1S/C13H8F2N2OS/c14-7-2-1-3-8(11(7)15)18-9-4-5-10-13(12(9)16)17-6-19-10/h1-6H,16H2. The van der Waals surface area contributed by atoms with E-state index in [9.17, 15) is 8.78 Å². The van der Waals surface area contributed by atoms with Gasteiger partial charge in [-0.3, -0.25) is 0 Å². The second-order valence-electron chi connectivity index (χ2n) is 3.83. The highest BCUT2D eigenvalue weighted by Gasteiger charge is 2.13. The maximum absolute atomic E-state index is 13.5. The smallest absolute Gasteiger partial charge is 0.201 e. The van der Waals surface area contributed by atoms with Gasteiger partial charge in [-0.1, -0.05) is 6.07 Å². The number of rotatable bonds is 2. The highest BCUT2D eigenvalue weighted by atomic mass is 32.1. The van der Waals surface area contributed by atoms with E-state index in [0.29, 0.717) is 11.2 Å². The molecule has 0 radical (unpaired) electrons. The number of hydrogen-bond donors (Lipinski definition) is 1. The minimum atomic E-state index is -1.04. The van der Waals surface area contributed by atoms with Crippen LogP contribution in [-0.4, -0.2) is 4.98 Å². The summed E-state index contributed by atoms with van der Waals surface area (Å²) in [7, 11) is 0. The molecule has 0 spiro atoms. The van der Waals surface area contributed by atoms with Crippen molar-refractivity contribution in [2.24, 2.45) is 0 Å². The first kappa shape index (κ1) is 11.9. The summed E-state index contributed by atoms with van der Waals surface area (Å²) in [4.78, 5) is 4.11. The van der Waals surface area contributed by atoms with E-state index in [2.05, 4.69) is 4.98 Å². The summed E-state index contributed by atoms with van der Waals surface area (Å²) in [6.07, 6.45) is 0. The van der Waals surface area contributed by atoms with E-state index >= 15 is 0 Å². The fraction of sp³-hybridized carbons (Fsp3) is 0. The number of halogens is 2. The third-order valence-electron chi connectivity index (χ3n) is 2.64. The van der Waals surface area contributed by atoms with E-state index in [1.54, 1.807) is 17.6 Å². The van der Waals surface area contributed by atoms with E-state index < -0.39 is 11.6 Å². The predicted octanol–water partition coefficient (Wildman–Crippen LogP) is 3.95. The Balaban J connectivity index is 2.05. The highest BCUT2D eigenvalue weighted by Crippen LogP contribution is 2.35. The number of ether oxygens (including phenoxy) is 1. The van der Waals surface area contributed by atoms with Gasteiger partial charge in [0.25, 0.3) is 0 Å². The zero-order chi connectivity index (χ0) is 13.4. The van der Waals surface area contributed by atoms with Gasteiger partial charge in [-0.2, -0.15) is 4.39 Å². The molecule has 6 heteroatoms. The van der Waals surface area contributed by atoms with Crippen LogP contribution in [0.1, 0.15) is 0 Å². The average Bonchev–Trinajstić information content (AvgIpc) is 2.87. The van der Waals surface area contributed by atoms with Crippen LogP contribution in [0.5, 0.6) is 11.5 Å². The lowest BCUT2D eigenvalue weighted by molar-refractivity contribution is 0.417. The number of fused-ring (bicyclic) bond motifs is 1. The SMILES string of the molecule is Nc1c(Oc2cccc(F)c2F)ccc2scnc12. The Hall–Kier alpha value is -2.21. The molecule has 0 saturated heterocycles. The molecule has 0 unspecified atom stereocenters. The van der Waals surface area contributed by atoms with Crippen molar-refractivity contribution >= 4 is 27.2 Å². The minimum absolute atomic E-state index is 0.207. The van der Waals surface area contributed by atoms with Gasteiger partial charge in [0.05, 0.1) is 10.2 Å². The molecular weight excluding hydrogens is 270 g/mol. The van der Waals surface area contributed by atoms with Gasteiger partial charge >= 0.3 is 0 Å². The first-order chi connectivity index (χ1) is 9.16. The lowest BCUT2D eigenvalue weighted by atomic mass is 10.2.